The number of aromatic nitrogens is 2. The topological polar surface area (TPSA) is 75.2 Å². The van der Waals surface area contributed by atoms with Crippen LogP contribution in [0.3, 0.4) is 0 Å². The Balaban J connectivity index is 1.28. The number of carbonyl (C=O) groups excluding carboxylic acids is 2. The van der Waals surface area contributed by atoms with Gasteiger partial charge in [0.2, 0.25) is 5.13 Å². The average molecular weight is 414 g/mol. The lowest BCUT2D eigenvalue weighted by molar-refractivity contribution is 0.0664. The highest BCUT2D eigenvalue weighted by Crippen LogP contribution is 2.27. The van der Waals surface area contributed by atoms with Gasteiger partial charge in [0.1, 0.15) is 5.82 Å². The Morgan fingerprint density at radius 2 is 1.68 bits per heavy atom. The van der Waals surface area contributed by atoms with Crippen molar-refractivity contribution in [3.05, 3.63) is 71.0 Å². The van der Waals surface area contributed by atoms with Gasteiger partial charge in [0.05, 0.1) is 11.1 Å². The van der Waals surface area contributed by atoms with Crippen LogP contribution in [0.4, 0.5) is 9.52 Å². The van der Waals surface area contributed by atoms with E-state index < -0.39 is 0 Å². The van der Waals surface area contributed by atoms with E-state index in [-0.39, 0.29) is 17.6 Å². The summed E-state index contributed by atoms with van der Waals surface area (Å²) in [5.74, 6) is -0.227. The molecule has 0 atom stereocenters. The standard InChI is InChI=1S/C19H15FN4O2S2/c20-13-7-5-12(6-8-13)11-21-18-22-23-19(28-18)27-10-9-24-16(25)14-3-1-2-4-15(14)17(24)26/h1-8H,9-11H2,(H,21,22). The fourth-order valence-electron chi connectivity index (χ4n) is 2.79. The molecule has 0 spiro atoms. The summed E-state index contributed by atoms with van der Waals surface area (Å²) in [7, 11) is 0. The lowest BCUT2D eigenvalue weighted by Gasteiger charge is -2.12. The third kappa shape index (κ3) is 3.90. The molecule has 6 nitrogen and oxygen atoms in total. The molecular weight excluding hydrogens is 399 g/mol. The van der Waals surface area contributed by atoms with Crippen LogP contribution in [0.25, 0.3) is 0 Å². The first kappa shape index (κ1) is 18.6. The minimum absolute atomic E-state index is 0.250. The monoisotopic (exact) mass is 414 g/mol. The SMILES string of the molecule is O=C1c2ccccc2C(=O)N1CCSc1nnc(NCc2ccc(F)cc2)s1. The predicted molar refractivity (Wildman–Crippen MR) is 106 cm³/mol. The number of fused-ring (bicyclic) bond motifs is 1. The van der Waals surface area contributed by atoms with Crippen molar-refractivity contribution in [3.8, 4) is 0 Å². The van der Waals surface area contributed by atoms with Gasteiger partial charge in [-0.25, -0.2) is 4.39 Å². The van der Waals surface area contributed by atoms with Crippen molar-refractivity contribution in [2.45, 2.75) is 10.9 Å². The van der Waals surface area contributed by atoms with Crippen molar-refractivity contribution in [3.63, 3.8) is 0 Å². The van der Waals surface area contributed by atoms with Crippen LogP contribution in [0.1, 0.15) is 26.3 Å². The van der Waals surface area contributed by atoms with Crippen LogP contribution in [-0.2, 0) is 6.54 Å². The van der Waals surface area contributed by atoms with E-state index in [0.717, 1.165) is 9.90 Å². The van der Waals surface area contributed by atoms with E-state index in [0.29, 0.717) is 35.1 Å². The first-order chi connectivity index (χ1) is 13.6. The third-order valence-corrected chi connectivity index (χ3v) is 6.18. The summed E-state index contributed by atoms with van der Waals surface area (Å²) in [6, 6.07) is 13.1. The average Bonchev–Trinajstić information content (AvgIpc) is 3.26. The molecule has 142 valence electrons. The molecule has 0 fully saturated rings. The number of nitrogens with one attached hydrogen (secondary N) is 1. The fourth-order valence-corrected chi connectivity index (χ4v) is 4.53. The molecule has 9 heteroatoms. The van der Waals surface area contributed by atoms with Crippen LogP contribution < -0.4 is 5.32 Å². The van der Waals surface area contributed by atoms with E-state index in [4.69, 9.17) is 0 Å². The number of benzene rings is 2. The van der Waals surface area contributed by atoms with Gasteiger partial charge in [-0.3, -0.25) is 14.5 Å². The molecule has 3 aromatic rings. The summed E-state index contributed by atoms with van der Waals surface area (Å²) in [6.07, 6.45) is 0. The Hall–Kier alpha value is -2.78. The molecule has 2 heterocycles. The van der Waals surface area contributed by atoms with Crippen molar-refractivity contribution in [1.82, 2.24) is 15.1 Å². The number of imide groups is 1. The summed E-state index contributed by atoms with van der Waals surface area (Å²) >= 11 is 2.84. The van der Waals surface area contributed by atoms with Gasteiger partial charge < -0.3 is 5.32 Å². The number of hydrogen-bond donors (Lipinski definition) is 1. The summed E-state index contributed by atoms with van der Waals surface area (Å²) < 4.78 is 13.7. The zero-order chi connectivity index (χ0) is 19.5. The maximum atomic E-state index is 12.9. The number of amides is 2. The number of anilines is 1. The van der Waals surface area contributed by atoms with Gasteiger partial charge in [0, 0.05) is 18.8 Å². The molecule has 28 heavy (non-hydrogen) atoms. The number of thioether (sulfide) groups is 1. The van der Waals surface area contributed by atoms with Gasteiger partial charge in [-0.05, 0) is 29.8 Å². The molecule has 1 aliphatic rings. The highest BCUT2D eigenvalue weighted by Gasteiger charge is 2.34. The van der Waals surface area contributed by atoms with Gasteiger partial charge in [-0.1, -0.05) is 47.4 Å². The van der Waals surface area contributed by atoms with Gasteiger partial charge in [-0.15, -0.1) is 10.2 Å². The zero-order valence-electron chi connectivity index (χ0n) is 14.6. The van der Waals surface area contributed by atoms with Crippen LogP contribution in [0.5, 0.6) is 0 Å². The van der Waals surface area contributed by atoms with Crippen LogP contribution in [0.15, 0.2) is 52.9 Å². The fraction of sp³-hybridized carbons (Fsp3) is 0.158. The minimum atomic E-state index is -0.267. The summed E-state index contributed by atoms with van der Waals surface area (Å²) in [4.78, 5) is 25.9. The molecule has 0 unspecified atom stereocenters. The summed E-state index contributed by atoms with van der Waals surface area (Å²) in [5.41, 5.74) is 1.86. The summed E-state index contributed by atoms with van der Waals surface area (Å²) in [5, 5.41) is 12.0. The maximum absolute atomic E-state index is 12.9. The van der Waals surface area contributed by atoms with Crippen molar-refractivity contribution >= 4 is 40.0 Å². The van der Waals surface area contributed by atoms with E-state index >= 15 is 0 Å². The Morgan fingerprint density at radius 3 is 2.36 bits per heavy atom. The smallest absolute Gasteiger partial charge is 0.261 e. The summed E-state index contributed by atoms with van der Waals surface area (Å²) in [6.45, 7) is 0.837. The molecular formula is C19H15FN4O2S2. The Bertz CT molecular complexity index is 988. The lowest BCUT2D eigenvalue weighted by atomic mass is 10.1. The van der Waals surface area contributed by atoms with Crippen molar-refractivity contribution in [2.24, 2.45) is 0 Å². The van der Waals surface area contributed by atoms with Crippen molar-refractivity contribution < 1.29 is 14.0 Å². The Morgan fingerprint density at radius 1 is 1.00 bits per heavy atom. The molecule has 0 saturated carbocycles. The van der Waals surface area contributed by atoms with Gasteiger partial charge in [-0.2, -0.15) is 0 Å². The highest BCUT2D eigenvalue weighted by molar-refractivity contribution is 8.01. The van der Waals surface area contributed by atoms with Crippen LogP contribution >= 0.6 is 23.1 Å². The molecule has 0 saturated heterocycles. The highest BCUT2D eigenvalue weighted by atomic mass is 32.2. The van der Waals surface area contributed by atoms with Gasteiger partial charge >= 0.3 is 0 Å². The Kier molecular flexibility index (Phi) is 5.36. The molecule has 1 aliphatic heterocycles. The number of nitrogens with zero attached hydrogens (tertiary/aromatic N) is 3. The molecule has 4 rings (SSSR count). The molecule has 2 aromatic carbocycles. The lowest BCUT2D eigenvalue weighted by Crippen LogP contribution is -2.31. The van der Waals surface area contributed by atoms with Crippen molar-refractivity contribution in [2.75, 3.05) is 17.6 Å². The van der Waals surface area contributed by atoms with E-state index in [2.05, 4.69) is 15.5 Å². The van der Waals surface area contributed by atoms with E-state index in [9.17, 15) is 14.0 Å². The van der Waals surface area contributed by atoms with Crippen LogP contribution in [0, 0.1) is 5.82 Å². The number of halogens is 1. The number of carbonyl (C=O) groups is 2. The largest absolute Gasteiger partial charge is 0.356 e. The van der Waals surface area contributed by atoms with Gasteiger partial charge in [0.25, 0.3) is 11.8 Å². The second-order valence-electron chi connectivity index (χ2n) is 6.01. The first-order valence-corrected chi connectivity index (χ1v) is 10.3. The molecule has 0 aliphatic carbocycles. The second-order valence-corrected chi connectivity index (χ2v) is 8.33. The van der Waals surface area contributed by atoms with E-state index in [1.807, 2.05) is 0 Å². The van der Waals surface area contributed by atoms with Crippen LogP contribution in [0.2, 0.25) is 0 Å². The first-order valence-electron chi connectivity index (χ1n) is 8.51. The molecule has 1 N–H and O–H groups in total. The quantitative estimate of drug-likeness (QED) is 0.470. The molecule has 0 bridgehead atoms. The minimum Gasteiger partial charge on any atom is -0.356 e. The maximum Gasteiger partial charge on any atom is 0.261 e. The van der Waals surface area contributed by atoms with Gasteiger partial charge in [0.15, 0.2) is 4.34 Å². The number of rotatable bonds is 7. The normalized spacial score (nSPS) is 13.1. The molecule has 2 amide bonds. The molecule has 0 radical (unpaired) electrons. The van der Waals surface area contributed by atoms with E-state index in [1.165, 1.54) is 40.1 Å². The predicted octanol–water partition coefficient (Wildman–Crippen LogP) is 3.68. The van der Waals surface area contributed by atoms with E-state index in [1.54, 1.807) is 36.4 Å². The zero-order valence-corrected chi connectivity index (χ0v) is 16.2. The third-order valence-electron chi connectivity index (χ3n) is 4.18. The van der Waals surface area contributed by atoms with Crippen molar-refractivity contribution in [1.29, 1.82) is 0 Å². The second kappa shape index (κ2) is 8.07. The molecule has 1 aromatic heterocycles. The van der Waals surface area contributed by atoms with Crippen LogP contribution in [-0.4, -0.2) is 39.2 Å². The number of hydrogen-bond acceptors (Lipinski definition) is 7. The Labute approximate surface area is 168 Å².